The van der Waals surface area contributed by atoms with Crippen LogP contribution in [-0.2, 0) is 23.8 Å². The molecule has 0 spiro atoms. The third-order valence-electron chi connectivity index (χ3n) is 5.90. The number of halogens is 4. The van der Waals surface area contributed by atoms with Crippen molar-refractivity contribution in [2.24, 2.45) is 0 Å². The van der Waals surface area contributed by atoms with Gasteiger partial charge in [0.1, 0.15) is 5.82 Å². The van der Waals surface area contributed by atoms with Gasteiger partial charge in [0.15, 0.2) is 0 Å². The highest BCUT2D eigenvalue weighted by Gasteiger charge is 2.33. The van der Waals surface area contributed by atoms with Crippen molar-refractivity contribution in [2.45, 2.75) is 57.7 Å². The lowest BCUT2D eigenvalue weighted by Gasteiger charge is -2.36. The van der Waals surface area contributed by atoms with Gasteiger partial charge in [-0.05, 0) is 56.7 Å². The molecule has 1 aromatic carbocycles. The molecule has 11 heteroatoms. The molecule has 1 saturated heterocycles. The Kier molecular flexibility index (Phi) is 7.56. The number of piperidine rings is 1. The molecule has 0 unspecified atom stereocenters. The number of nitrogens with two attached hydrogens (primary N) is 1. The van der Waals surface area contributed by atoms with E-state index in [4.69, 9.17) is 10.7 Å². The monoisotopic (exact) mass is 484 g/mol. The van der Waals surface area contributed by atoms with E-state index < -0.39 is 11.7 Å². The van der Waals surface area contributed by atoms with Gasteiger partial charge in [0.2, 0.25) is 11.9 Å². The fourth-order valence-corrected chi connectivity index (χ4v) is 4.48. The minimum Gasteiger partial charge on any atom is -0.398 e. The van der Waals surface area contributed by atoms with Crippen molar-refractivity contribution in [2.75, 3.05) is 29.0 Å². The van der Waals surface area contributed by atoms with Crippen molar-refractivity contribution in [1.29, 1.82) is 0 Å². The number of rotatable bonds is 4. The number of hydrogen-bond donors (Lipinski definition) is 3. The summed E-state index contributed by atoms with van der Waals surface area (Å²) in [7, 11) is 0. The van der Waals surface area contributed by atoms with Crippen LogP contribution in [0.3, 0.4) is 0 Å². The van der Waals surface area contributed by atoms with Crippen molar-refractivity contribution in [3.63, 3.8) is 0 Å². The lowest BCUT2D eigenvalue weighted by molar-refractivity contribution is -0.136. The molecule has 1 fully saturated rings. The van der Waals surface area contributed by atoms with Crippen LogP contribution in [0.1, 0.15) is 49.4 Å². The predicted molar refractivity (Wildman–Crippen MR) is 124 cm³/mol. The maximum absolute atomic E-state index is 13.3. The molecule has 0 radical (unpaired) electrons. The van der Waals surface area contributed by atoms with Crippen molar-refractivity contribution in [3.8, 4) is 0 Å². The molecule has 4 rings (SSSR count). The van der Waals surface area contributed by atoms with Gasteiger partial charge < -0.3 is 21.3 Å². The van der Waals surface area contributed by atoms with E-state index in [2.05, 4.69) is 20.5 Å². The zero-order chi connectivity index (χ0) is 22.9. The van der Waals surface area contributed by atoms with E-state index in [1.54, 1.807) is 0 Å². The molecule has 0 saturated carbocycles. The van der Waals surface area contributed by atoms with Crippen LogP contribution in [0.15, 0.2) is 18.2 Å². The molecule has 2 aliphatic rings. The van der Waals surface area contributed by atoms with Crippen molar-refractivity contribution < 1.29 is 18.0 Å². The molecular weight excluding hydrogens is 457 g/mol. The zero-order valence-corrected chi connectivity index (χ0v) is 19.2. The number of fused-ring (bicyclic) bond motifs is 1. The highest BCUT2D eigenvalue weighted by molar-refractivity contribution is 5.85. The number of alkyl halides is 3. The lowest BCUT2D eigenvalue weighted by atomic mass is 9.95. The van der Waals surface area contributed by atoms with Crippen molar-refractivity contribution in [1.82, 2.24) is 15.3 Å². The molecule has 7 nitrogen and oxygen atoms in total. The molecule has 2 heterocycles. The molecule has 2 aromatic rings. The maximum atomic E-state index is 13.3. The number of aryl methyl sites for hydroxylation is 1. The first-order chi connectivity index (χ1) is 15.2. The average Bonchev–Trinajstić information content (AvgIpc) is 2.73. The van der Waals surface area contributed by atoms with E-state index in [9.17, 15) is 18.0 Å². The standard InChI is InChI=1S/C22H27F3N6O.ClH/c1-13(32)27-15-5-4-10-31(12-15)20-16-6-2-3-7-19(16)29-21(30-20)28-14-8-9-18(26)17(11-14)22(23,24)25;/h8-9,11,15H,2-7,10,12,26H2,1H3,(H,27,32)(H,28,29,30);1H/t15-;/m1./s1. The fraction of sp³-hybridized carbons (Fsp3) is 0.500. The normalized spacial score (nSPS) is 18.2. The van der Waals surface area contributed by atoms with Gasteiger partial charge in [0.05, 0.1) is 11.3 Å². The van der Waals surface area contributed by atoms with Crippen LogP contribution in [0.5, 0.6) is 0 Å². The van der Waals surface area contributed by atoms with Gasteiger partial charge >= 0.3 is 6.18 Å². The molecule has 1 atom stereocenters. The summed E-state index contributed by atoms with van der Waals surface area (Å²) in [5.74, 6) is 1.01. The molecule has 1 aliphatic carbocycles. The minimum absolute atomic E-state index is 0. The van der Waals surface area contributed by atoms with Gasteiger partial charge in [0.25, 0.3) is 0 Å². The van der Waals surface area contributed by atoms with Crippen LogP contribution in [0, 0.1) is 0 Å². The average molecular weight is 485 g/mol. The number of carbonyl (C=O) groups is 1. The number of anilines is 4. The highest BCUT2D eigenvalue weighted by Crippen LogP contribution is 2.36. The Bertz CT molecular complexity index is 1020. The Morgan fingerprint density at radius 1 is 1.18 bits per heavy atom. The van der Waals surface area contributed by atoms with E-state index in [0.29, 0.717) is 6.54 Å². The van der Waals surface area contributed by atoms with E-state index in [1.807, 2.05) is 0 Å². The number of benzene rings is 1. The van der Waals surface area contributed by atoms with Gasteiger partial charge in [0, 0.05) is 43.0 Å². The summed E-state index contributed by atoms with van der Waals surface area (Å²) in [5, 5.41) is 5.93. The molecule has 180 valence electrons. The first-order valence-corrected chi connectivity index (χ1v) is 10.9. The third-order valence-corrected chi connectivity index (χ3v) is 5.90. The molecule has 33 heavy (non-hydrogen) atoms. The lowest BCUT2D eigenvalue weighted by Crippen LogP contribution is -2.48. The van der Waals surface area contributed by atoms with Gasteiger partial charge in [-0.25, -0.2) is 4.98 Å². The van der Waals surface area contributed by atoms with Crippen LogP contribution >= 0.6 is 12.4 Å². The molecule has 1 aromatic heterocycles. The number of nitrogens with zero attached hydrogens (tertiary/aromatic N) is 3. The van der Waals surface area contributed by atoms with E-state index in [-0.39, 0.29) is 41.7 Å². The summed E-state index contributed by atoms with van der Waals surface area (Å²) in [5.41, 5.74) is 6.54. The van der Waals surface area contributed by atoms with E-state index in [0.717, 1.165) is 68.2 Å². The van der Waals surface area contributed by atoms with Crippen LogP contribution in [-0.4, -0.2) is 35.0 Å². The summed E-state index contributed by atoms with van der Waals surface area (Å²) >= 11 is 0. The number of nitrogens with one attached hydrogen (secondary N) is 2. The minimum atomic E-state index is -4.55. The fourth-order valence-electron chi connectivity index (χ4n) is 4.48. The molecular formula is C22H28ClF3N6O. The molecule has 0 bridgehead atoms. The summed E-state index contributed by atoms with van der Waals surface area (Å²) in [6, 6.07) is 3.73. The summed E-state index contributed by atoms with van der Waals surface area (Å²) in [6.07, 6.45) is 1.00. The predicted octanol–water partition coefficient (Wildman–Crippen LogP) is 4.23. The number of hydrogen-bond acceptors (Lipinski definition) is 6. The number of aromatic nitrogens is 2. The van der Waals surface area contributed by atoms with Gasteiger partial charge in [-0.1, -0.05) is 0 Å². The smallest absolute Gasteiger partial charge is 0.398 e. The second kappa shape index (κ2) is 10.0. The summed E-state index contributed by atoms with van der Waals surface area (Å²) in [4.78, 5) is 23.0. The maximum Gasteiger partial charge on any atom is 0.418 e. The van der Waals surface area contributed by atoms with E-state index >= 15 is 0 Å². The topological polar surface area (TPSA) is 96.2 Å². The second-order valence-electron chi connectivity index (χ2n) is 8.41. The number of nitrogen functional groups attached to an aromatic ring is 1. The molecule has 1 amide bonds. The number of carbonyl (C=O) groups excluding carboxylic acids is 1. The van der Waals surface area contributed by atoms with Crippen molar-refractivity contribution in [3.05, 3.63) is 35.0 Å². The quantitative estimate of drug-likeness (QED) is 0.562. The van der Waals surface area contributed by atoms with Crippen LogP contribution < -0.4 is 21.3 Å². The van der Waals surface area contributed by atoms with Gasteiger partial charge in [-0.15, -0.1) is 12.4 Å². The Labute approximate surface area is 196 Å². The number of amides is 1. The zero-order valence-electron chi connectivity index (χ0n) is 18.3. The van der Waals surface area contributed by atoms with Gasteiger partial charge in [-0.2, -0.15) is 18.2 Å². The van der Waals surface area contributed by atoms with Gasteiger partial charge in [-0.3, -0.25) is 4.79 Å². The van der Waals surface area contributed by atoms with Crippen LogP contribution in [0.25, 0.3) is 0 Å². The van der Waals surface area contributed by atoms with Crippen LogP contribution in [0.2, 0.25) is 0 Å². The summed E-state index contributed by atoms with van der Waals surface area (Å²) in [6.45, 7) is 2.96. The van der Waals surface area contributed by atoms with Crippen LogP contribution in [0.4, 0.5) is 36.3 Å². The Morgan fingerprint density at radius 3 is 2.67 bits per heavy atom. The third kappa shape index (κ3) is 5.79. The first kappa shape index (κ1) is 24.9. The SMILES string of the molecule is CC(=O)N[C@@H]1CCCN(c2nc(Nc3ccc(N)c(C(F)(F)F)c3)nc3c2CCCC3)C1.Cl. The molecule has 4 N–H and O–H groups in total. The van der Waals surface area contributed by atoms with E-state index in [1.165, 1.54) is 19.1 Å². The first-order valence-electron chi connectivity index (χ1n) is 10.9. The summed E-state index contributed by atoms with van der Waals surface area (Å²) < 4.78 is 39.8. The largest absolute Gasteiger partial charge is 0.418 e. The molecule has 1 aliphatic heterocycles. The Hall–Kier alpha value is -2.75. The highest BCUT2D eigenvalue weighted by atomic mass is 35.5. The Morgan fingerprint density at radius 2 is 1.94 bits per heavy atom. The second-order valence-corrected chi connectivity index (χ2v) is 8.41. The Balaban J connectivity index is 0.00000306. The van der Waals surface area contributed by atoms with Crippen molar-refractivity contribution >= 4 is 41.5 Å².